The number of halogens is 3. The molecular weight excluding hydrogens is 265 g/mol. The third kappa shape index (κ3) is 4.70. The summed E-state index contributed by atoms with van der Waals surface area (Å²) in [5, 5.41) is 10.0. The molecule has 8 heteroatoms. The van der Waals surface area contributed by atoms with E-state index in [1.54, 1.807) is 0 Å². The number of carbonyl (C=O) groups excluding carboxylic acids is 1. The molecule has 2 aliphatic rings. The van der Waals surface area contributed by atoms with Crippen LogP contribution in [0.25, 0.3) is 0 Å². The normalized spacial score (nSPS) is 30.5. The lowest BCUT2D eigenvalue weighted by Gasteiger charge is -2.34. The van der Waals surface area contributed by atoms with Gasteiger partial charge in [-0.1, -0.05) is 0 Å². The Morgan fingerprint density at radius 1 is 1.37 bits per heavy atom. The van der Waals surface area contributed by atoms with Crippen molar-refractivity contribution >= 4 is 11.9 Å². The number of hydrogen-bond donors (Lipinski definition) is 3. The van der Waals surface area contributed by atoms with Crippen LogP contribution in [0.3, 0.4) is 0 Å². The summed E-state index contributed by atoms with van der Waals surface area (Å²) in [7, 11) is 0. The highest BCUT2D eigenvalue weighted by Gasteiger charge is 2.40. The molecule has 0 radical (unpaired) electrons. The van der Waals surface area contributed by atoms with E-state index in [4.69, 9.17) is 15.6 Å². The fourth-order valence-electron chi connectivity index (χ4n) is 2.36. The third-order valence-electron chi connectivity index (χ3n) is 3.53. The van der Waals surface area contributed by atoms with Crippen LogP contribution in [0.15, 0.2) is 0 Å². The van der Waals surface area contributed by atoms with Crippen LogP contribution in [0, 0.1) is 5.41 Å². The van der Waals surface area contributed by atoms with Gasteiger partial charge < -0.3 is 16.2 Å². The van der Waals surface area contributed by atoms with Crippen molar-refractivity contribution in [3.05, 3.63) is 0 Å². The summed E-state index contributed by atoms with van der Waals surface area (Å²) >= 11 is 0. The van der Waals surface area contributed by atoms with Gasteiger partial charge in [-0.3, -0.25) is 4.79 Å². The zero-order valence-electron chi connectivity index (χ0n) is 10.3. The van der Waals surface area contributed by atoms with E-state index in [2.05, 4.69) is 5.32 Å². The van der Waals surface area contributed by atoms with Crippen molar-refractivity contribution in [3.63, 3.8) is 0 Å². The molecule has 19 heavy (non-hydrogen) atoms. The zero-order chi connectivity index (χ0) is 14.7. The summed E-state index contributed by atoms with van der Waals surface area (Å²) in [6.45, 7) is 0.887. The van der Waals surface area contributed by atoms with Crippen LogP contribution in [-0.4, -0.2) is 35.7 Å². The first-order valence-corrected chi connectivity index (χ1v) is 5.97. The molecule has 1 spiro atoms. The van der Waals surface area contributed by atoms with Gasteiger partial charge in [0.2, 0.25) is 5.91 Å². The number of carbonyl (C=O) groups is 2. The van der Waals surface area contributed by atoms with Crippen LogP contribution < -0.4 is 11.1 Å². The molecule has 1 heterocycles. The smallest absolute Gasteiger partial charge is 0.475 e. The van der Waals surface area contributed by atoms with Gasteiger partial charge in [0.05, 0.1) is 0 Å². The molecule has 0 aromatic carbocycles. The van der Waals surface area contributed by atoms with E-state index in [0.29, 0.717) is 6.04 Å². The number of rotatable bonds is 0. The quantitative estimate of drug-likeness (QED) is 0.618. The lowest BCUT2D eigenvalue weighted by molar-refractivity contribution is -0.192. The molecule has 2 fully saturated rings. The predicted octanol–water partition coefficient (Wildman–Crippen LogP) is 1.03. The van der Waals surface area contributed by atoms with Gasteiger partial charge in [0.1, 0.15) is 0 Å². The lowest BCUT2D eigenvalue weighted by atomic mass is 9.72. The monoisotopic (exact) mass is 282 g/mol. The Bertz CT molecular complexity index is 350. The number of nitrogens with one attached hydrogen (secondary N) is 1. The number of carboxylic acids is 1. The van der Waals surface area contributed by atoms with Crippen molar-refractivity contribution in [3.8, 4) is 0 Å². The molecular formula is C11H17F3N2O3. The highest BCUT2D eigenvalue weighted by Crippen LogP contribution is 2.40. The van der Waals surface area contributed by atoms with Crippen molar-refractivity contribution in [1.29, 1.82) is 0 Å². The van der Waals surface area contributed by atoms with Gasteiger partial charge in [0, 0.05) is 19.0 Å². The predicted molar refractivity (Wildman–Crippen MR) is 60.2 cm³/mol. The highest BCUT2D eigenvalue weighted by molar-refractivity contribution is 5.79. The van der Waals surface area contributed by atoms with Gasteiger partial charge in [0.25, 0.3) is 0 Å². The second-order valence-corrected chi connectivity index (χ2v) is 5.09. The Kier molecular flexibility index (Phi) is 4.78. The summed E-state index contributed by atoms with van der Waals surface area (Å²) in [5.74, 6) is -2.53. The molecule has 0 unspecified atom stereocenters. The molecule has 0 atom stereocenters. The minimum Gasteiger partial charge on any atom is -0.475 e. The average Bonchev–Trinajstić information content (AvgIpc) is 2.65. The van der Waals surface area contributed by atoms with Crippen LogP contribution in [-0.2, 0) is 9.59 Å². The second kappa shape index (κ2) is 5.77. The molecule has 1 aliphatic carbocycles. The minimum absolute atomic E-state index is 0.227. The van der Waals surface area contributed by atoms with Gasteiger partial charge in [-0.05, 0) is 31.1 Å². The Morgan fingerprint density at radius 2 is 1.84 bits per heavy atom. The number of alkyl halides is 3. The van der Waals surface area contributed by atoms with Gasteiger partial charge in [-0.15, -0.1) is 0 Å². The first-order valence-electron chi connectivity index (χ1n) is 5.97. The van der Waals surface area contributed by atoms with Crippen molar-refractivity contribution in [2.45, 2.75) is 44.3 Å². The van der Waals surface area contributed by atoms with Crippen LogP contribution in [0.5, 0.6) is 0 Å². The van der Waals surface area contributed by atoms with E-state index < -0.39 is 12.1 Å². The van der Waals surface area contributed by atoms with Crippen LogP contribution in [0.2, 0.25) is 0 Å². The van der Waals surface area contributed by atoms with Gasteiger partial charge in [0.15, 0.2) is 0 Å². The molecule has 4 N–H and O–H groups in total. The van der Waals surface area contributed by atoms with E-state index >= 15 is 0 Å². The van der Waals surface area contributed by atoms with Gasteiger partial charge in [-0.2, -0.15) is 13.2 Å². The third-order valence-corrected chi connectivity index (χ3v) is 3.53. The molecule has 0 aromatic rings. The standard InChI is InChI=1S/C9H16N2O.C2HF3O2/c10-7-1-3-9(4-2-7)5-8(12)11-6-9;3-2(4,5)1(6)7/h7H,1-6,10H2,(H,11,12);(H,6,7). The molecule has 1 amide bonds. The van der Waals surface area contributed by atoms with E-state index in [-0.39, 0.29) is 11.3 Å². The summed E-state index contributed by atoms with van der Waals surface area (Å²) < 4.78 is 31.7. The maximum atomic E-state index is 11.1. The molecule has 5 nitrogen and oxygen atoms in total. The van der Waals surface area contributed by atoms with Gasteiger partial charge >= 0.3 is 12.1 Å². The number of amides is 1. The number of nitrogens with two attached hydrogens (primary N) is 1. The Balaban J connectivity index is 0.000000224. The molecule has 0 bridgehead atoms. The first kappa shape index (κ1) is 15.7. The van der Waals surface area contributed by atoms with Crippen molar-refractivity contribution in [2.75, 3.05) is 6.54 Å². The summed E-state index contributed by atoms with van der Waals surface area (Å²) in [4.78, 5) is 20.0. The number of hydrogen-bond acceptors (Lipinski definition) is 3. The molecule has 1 saturated heterocycles. The SMILES string of the molecule is NC1CCC2(CC1)CNC(=O)C2.O=C(O)C(F)(F)F. The maximum Gasteiger partial charge on any atom is 0.490 e. The maximum absolute atomic E-state index is 11.1. The minimum atomic E-state index is -5.08. The van der Waals surface area contributed by atoms with Crippen molar-refractivity contribution < 1.29 is 27.9 Å². The first-order chi connectivity index (χ1) is 8.65. The Hall–Kier alpha value is -1.31. The summed E-state index contributed by atoms with van der Waals surface area (Å²) in [6, 6.07) is 0.381. The highest BCUT2D eigenvalue weighted by atomic mass is 19.4. The van der Waals surface area contributed by atoms with Crippen LogP contribution in [0.4, 0.5) is 13.2 Å². The second-order valence-electron chi connectivity index (χ2n) is 5.09. The van der Waals surface area contributed by atoms with Crippen LogP contribution in [0.1, 0.15) is 32.1 Å². The molecule has 110 valence electrons. The fourth-order valence-corrected chi connectivity index (χ4v) is 2.36. The number of aliphatic carboxylic acids is 1. The Morgan fingerprint density at radius 3 is 2.16 bits per heavy atom. The zero-order valence-corrected chi connectivity index (χ0v) is 10.3. The van der Waals surface area contributed by atoms with E-state index in [9.17, 15) is 18.0 Å². The largest absolute Gasteiger partial charge is 0.490 e. The Labute approximate surface area is 108 Å². The van der Waals surface area contributed by atoms with Crippen LogP contribution >= 0.6 is 0 Å². The van der Waals surface area contributed by atoms with E-state index in [0.717, 1.165) is 38.6 Å². The fraction of sp³-hybridized carbons (Fsp3) is 0.818. The van der Waals surface area contributed by atoms with Crippen molar-refractivity contribution in [1.82, 2.24) is 5.32 Å². The summed E-state index contributed by atoms with van der Waals surface area (Å²) in [5.41, 5.74) is 6.10. The van der Waals surface area contributed by atoms with E-state index in [1.807, 2.05) is 0 Å². The van der Waals surface area contributed by atoms with Gasteiger partial charge in [-0.25, -0.2) is 4.79 Å². The topological polar surface area (TPSA) is 92.4 Å². The summed E-state index contributed by atoms with van der Waals surface area (Å²) in [6.07, 6.45) is 0.101. The average molecular weight is 282 g/mol. The molecule has 1 saturated carbocycles. The molecule has 1 aliphatic heterocycles. The van der Waals surface area contributed by atoms with E-state index in [1.165, 1.54) is 0 Å². The lowest BCUT2D eigenvalue weighted by Crippen LogP contribution is -2.35. The van der Waals surface area contributed by atoms with Crippen molar-refractivity contribution in [2.24, 2.45) is 11.1 Å². The number of carboxylic acid groups (broad SMARTS) is 1. The molecule has 2 rings (SSSR count). The molecule has 0 aromatic heterocycles.